The third kappa shape index (κ3) is 1.83. The normalized spacial score (nSPS) is 17.5. The fourth-order valence-corrected chi connectivity index (χ4v) is 2.68. The van der Waals surface area contributed by atoms with Gasteiger partial charge in [0.15, 0.2) is 0 Å². The van der Waals surface area contributed by atoms with Gasteiger partial charge in [-0.25, -0.2) is 0 Å². The maximum Gasteiger partial charge on any atom is 0.0506 e. The van der Waals surface area contributed by atoms with Crippen molar-refractivity contribution in [2.24, 2.45) is 0 Å². The number of rotatable bonds is 4. The second-order valence-electron chi connectivity index (χ2n) is 4.40. The Labute approximate surface area is 97.9 Å². The molecule has 0 fully saturated rings. The Balaban J connectivity index is 2.46. The zero-order chi connectivity index (χ0) is 11.4. The molecule has 1 aliphatic heterocycles. The van der Waals surface area contributed by atoms with E-state index in [2.05, 4.69) is 42.7 Å². The van der Waals surface area contributed by atoms with E-state index >= 15 is 0 Å². The summed E-state index contributed by atoms with van der Waals surface area (Å²) in [5.41, 5.74) is 2.91. The average molecular weight is 213 g/mol. The molecule has 1 N–H and O–H groups in total. The minimum Gasteiger partial charge on any atom is -0.307 e. The summed E-state index contributed by atoms with van der Waals surface area (Å²) in [4.78, 5) is 0. The molecule has 1 aromatic rings. The zero-order valence-corrected chi connectivity index (χ0v) is 9.71. The molecule has 0 unspecified atom stereocenters. The number of hydrogen-bond acceptors (Lipinski definition) is 1. The quantitative estimate of drug-likeness (QED) is 0.757. The van der Waals surface area contributed by atoms with Gasteiger partial charge in [0.2, 0.25) is 0 Å². The first-order valence-corrected chi connectivity index (χ1v) is 5.87. The lowest BCUT2D eigenvalue weighted by Gasteiger charge is -2.39. The zero-order valence-electron chi connectivity index (χ0n) is 9.71. The number of fused-ring (bicyclic) bond motifs is 1. The monoisotopic (exact) mass is 213 g/mol. The summed E-state index contributed by atoms with van der Waals surface area (Å²) in [6.45, 7) is 8.80. The van der Waals surface area contributed by atoms with E-state index in [0.29, 0.717) is 0 Å². The van der Waals surface area contributed by atoms with Crippen LogP contribution in [0.25, 0.3) is 0 Å². The second kappa shape index (κ2) is 4.67. The fourth-order valence-electron chi connectivity index (χ4n) is 2.68. The average Bonchev–Trinajstić information content (AvgIpc) is 2.30. The Bertz CT molecular complexity index is 382. The molecule has 0 radical (unpaired) electrons. The van der Waals surface area contributed by atoms with Crippen molar-refractivity contribution >= 4 is 0 Å². The largest absolute Gasteiger partial charge is 0.307 e. The second-order valence-corrected chi connectivity index (χ2v) is 4.40. The van der Waals surface area contributed by atoms with Gasteiger partial charge in [-0.2, -0.15) is 0 Å². The Morgan fingerprint density at radius 2 is 1.88 bits per heavy atom. The van der Waals surface area contributed by atoms with Crippen LogP contribution in [0.15, 0.2) is 49.6 Å². The summed E-state index contributed by atoms with van der Waals surface area (Å²) < 4.78 is 0. The molecule has 0 saturated heterocycles. The van der Waals surface area contributed by atoms with Gasteiger partial charge in [-0.05, 0) is 30.4 Å². The van der Waals surface area contributed by atoms with Crippen molar-refractivity contribution in [2.45, 2.75) is 24.8 Å². The molecule has 1 aromatic carbocycles. The first-order valence-electron chi connectivity index (χ1n) is 5.87. The molecule has 1 nitrogen and oxygen atoms in total. The smallest absolute Gasteiger partial charge is 0.0506 e. The highest BCUT2D eigenvalue weighted by Crippen LogP contribution is 2.35. The van der Waals surface area contributed by atoms with Crippen LogP contribution >= 0.6 is 0 Å². The maximum atomic E-state index is 3.88. The Morgan fingerprint density at radius 1 is 1.19 bits per heavy atom. The fraction of sp³-hybridized carbons (Fsp3) is 0.333. The van der Waals surface area contributed by atoms with Crippen LogP contribution in [0, 0.1) is 0 Å². The van der Waals surface area contributed by atoms with Gasteiger partial charge in [0.25, 0.3) is 0 Å². The van der Waals surface area contributed by atoms with Crippen molar-refractivity contribution in [3.63, 3.8) is 0 Å². The predicted molar refractivity (Wildman–Crippen MR) is 69.5 cm³/mol. The third-order valence-corrected chi connectivity index (χ3v) is 3.38. The van der Waals surface area contributed by atoms with Gasteiger partial charge in [0, 0.05) is 6.54 Å². The van der Waals surface area contributed by atoms with Gasteiger partial charge >= 0.3 is 0 Å². The van der Waals surface area contributed by atoms with Gasteiger partial charge in [0.05, 0.1) is 5.54 Å². The van der Waals surface area contributed by atoms with Crippen LogP contribution in [0.4, 0.5) is 0 Å². The van der Waals surface area contributed by atoms with Crippen LogP contribution in [-0.4, -0.2) is 6.54 Å². The van der Waals surface area contributed by atoms with Crippen LogP contribution in [0.1, 0.15) is 24.0 Å². The maximum absolute atomic E-state index is 3.88. The summed E-state index contributed by atoms with van der Waals surface area (Å²) >= 11 is 0. The molecule has 0 aromatic heterocycles. The van der Waals surface area contributed by atoms with Crippen LogP contribution < -0.4 is 5.32 Å². The van der Waals surface area contributed by atoms with Gasteiger partial charge in [-0.3, -0.25) is 0 Å². The Morgan fingerprint density at radius 3 is 2.56 bits per heavy atom. The van der Waals surface area contributed by atoms with E-state index in [4.69, 9.17) is 0 Å². The Hall–Kier alpha value is -1.34. The van der Waals surface area contributed by atoms with Crippen molar-refractivity contribution in [1.82, 2.24) is 5.32 Å². The van der Waals surface area contributed by atoms with Crippen molar-refractivity contribution in [1.29, 1.82) is 0 Å². The lowest BCUT2D eigenvalue weighted by atomic mass is 9.78. The number of nitrogens with one attached hydrogen (secondary N) is 1. The summed E-state index contributed by atoms with van der Waals surface area (Å²) in [5, 5.41) is 3.65. The van der Waals surface area contributed by atoms with Crippen molar-refractivity contribution in [3.05, 3.63) is 60.7 Å². The SMILES string of the molecule is C=CCC1(CC=C)NCCc2ccccc21. The standard InChI is InChI=1S/C15H19N/c1-3-10-15(11-4-2)14-8-6-5-7-13(14)9-12-16-15/h3-8,16H,1-2,9-12H2. The third-order valence-electron chi connectivity index (χ3n) is 3.38. The molecule has 0 spiro atoms. The van der Waals surface area contributed by atoms with Crippen LogP contribution in [0.3, 0.4) is 0 Å². The van der Waals surface area contributed by atoms with E-state index in [9.17, 15) is 0 Å². The lowest BCUT2D eigenvalue weighted by molar-refractivity contribution is 0.321. The lowest BCUT2D eigenvalue weighted by Crippen LogP contribution is -2.46. The molecule has 0 saturated carbocycles. The molecule has 2 rings (SSSR count). The van der Waals surface area contributed by atoms with Gasteiger partial charge in [0.1, 0.15) is 0 Å². The van der Waals surface area contributed by atoms with Gasteiger partial charge < -0.3 is 5.32 Å². The van der Waals surface area contributed by atoms with E-state index in [1.165, 1.54) is 11.1 Å². The van der Waals surface area contributed by atoms with Crippen LogP contribution in [0.5, 0.6) is 0 Å². The van der Waals surface area contributed by atoms with Crippen LogP contribution in [-0.2, 0) is 12.0 Å². The summed E-state index contributed by atoms with van der Waals surface area (Å²) in [6.07, 6.45) is 7.02. The first kappa shape index (κ1) is 11.2. The van der Waals surface area contributed by atoms with E-state index in [1.807, 2.05) is 12.2 Å². The summed E-state index contributed by atoms with van der Waals surface area (Å²) in [5.74, 6) is 0. The summed E-state index contributed by atoms with van der Waals surface area (Å²) in [7, 11) is 0. The molecule has 16 heavy (non-hydrogen) atoms. The molecule has 0 bridgehead atoms. The number of benzene rings is 1. The predicted octanol–water partition coefficient (Wildman–Crippen LogP) is 3.18. The van der Waals surface area contributed by atoms with E-state index in [-0.39, 0.29) is 5.54 Å². The molecule has 0 amide bonds. The van der Waals surface area contributed by atoms with E-state index in [1.54, 1.807) is 0 Å². The minimum atomic E-state index is 0.0261. The molecule has 1 heteroatoms. The molecule has 0 atom stereocenters. The minimum absolute atomic E-state index is 0.0261. The Kier molecular flexibility index (Phi) is 3.25. The highest BCUT2D eigenvalue weighted by Gasteiger charge is 2.33. The topological polar surface area (TPSA) is 12.0 Å². The molecule has 0 aliphatic carbocycles. The molecular formula is C15H19N. The van der Waals surface area contributed by atoms with E-state index in [0.717, 1.165) is 25.8 Å². The van der Waals surface area contributed by atoms with Crippen molar-refractivity contribution in [2.75, 3.05) is 6.54 Å². The van der Waals surface area contributed by atoms with Crippen LogP contribution in [0.2, 0.25) is 0 Å². The molecular weight excluding hydrogens is 194 g/mol. The van der Waals surface area contributed by atoms with Gasteiger partial charge in [-0.1, -0.05) is 36.4 Å². The highest BCUT2D eigenvalue weighted by molar-refractivity contribution is 5.37. The molecule has 1 heterocycles. The number of hydrogen-bond donors (Lipinski definition) is 1. The summed E-state index contributed by atoms with van der Waals surface area (Å²) in [6, 6.07) is 8.70. The van der Waals surface area contributed by atoms with E-state index < -0.39 is 0 Å². The first-order chi connectivity index (χ1) is 7.82. The van der Waals surface area contributed by atoms with Crippen molar-refractivity contribution in [3.8, 4) is 0 Å². The molecule has 1 aliphatic rings. The van der Waals surface area contributed by atoms with Crippen molar-refractivity contribution < 1.29 is 0 Å². The molecule has 84 valence electrons. The van der Waals surface area contributed by atoms with Gasteiger partial charge in [-0.15, -0.1) is 13.2 Å². The highest BCUT2D eigenvalue weighted by atomic mass is 15.0.